The Balaban J connectivity index is 1.88. The average molecular weight is 346 g/mol. The van der Waals surface area contributed by atoms with E-state index in [1.807, 2.05) is 0 Å². The van der Waals surface area contributed by atoms with Crippen molar-refractivity contribution in [2.75, 3.05) is 0 Å². The minimum absolute atomic E-state index is 0.125. The van der Waals surface area contributed by atoms with E-state index in [0.717, 1.165) is 0 Å². The standard InChI is InChI=1S/C15H17Cl2NO4/c1-8(22-13-5-3-10(16)7-12(13)17)14(19)18-11-4-2-9(6-11)15(20)21/h3,5,7-9,11H,2,4,6H2,1H3,(H,18,19)(H,20,21)/t8?,9-,11+/m1/s1. The number of carboxylic acid groups (broad SMARTS) is 1. The first-order valence-electron chi connectivity index (χ1n) is 7.01. The highest BCUT2D eigenvalue weighted by molar-refractivity contribution is 6.35. The summed E-state index contributed by atoms with van der Waals surface area (Å²) in [7, 11) is 0. The lowest BCUT2D eigenvalue weighted by molar-refractivity contribution is -0.141. The Morgan fingerprint density at radius 3 is 2.68 bits per heavy atom. The fourth-order valence-corrected chi connectivity index (χ4v) is 2.92. The molecule has 0 heterocycles. The topological polar surface area (TPSA) is 75.6 Å². The van der Waals surface area contributed by atoms with Crippen LogP contribution in [-0.2, 0) is 9.59 Å². The molecule has 5 nitrogen and oxygen atoms in total. The van der Waals surface area contributed by atoms with Gasteiger partial charge in [0.1, 0.15) is 5.75 Å². The number of hydrogen-bond acceptors (Lipinski definition) is 3. The molecule has 0 spiro atoms. The highest BCUT2D eigenvalue weighted by atomic mass is 35.5. The summed E-state index contributed by atoms with van der Waals surface area (Å²) in [4.78, 5) is 23.0. The third-order valence-electron chi connectivity index (χ3n) is 3.70. The molecule has 0 saturated heterocycles. The molecule has 7 heteroatoms. The summed E-state index contributed by atoms with van der Waals surface area (Å²) < 4.78 is 5.53. The number of aliphatic carboxylic acids is 1. The molecule has 1 unspecified atom stereocenters. The first-order chi connectivity index (χ1) is 10.4. The molecule has 0 aromatic heterocycles. The maximum Gasteiger partial charge on any atom is 0.306 e. The molecule has 2 N–H and O–H groups in total. The van der Waals surface area contributed by atoms with Crippen molar-refractivity contribution in [2.24, 2.45) is 5.92 Å². The van der Waals surface area contributed by atoms with Crippen LogP contribution >= 0.6 is 23.2 Å². The number of hydrogen-bond donors (Lipinski definition) is 2. The predicted molar refractivity (Wildman–Crippen MR) is 83.5 cm³/mol. The summed E-state index contributed by atoms with van der Waals surface area (Å²) in [5.41, 5.74) is 0. The molecule has 1 amide bonds. The Hall–Kier alpha value is -1.46. The van der Waals surface area contributed by atoms with Gasteiger partial charge in [-0.15, -0.1) is 0 Å². The normalized spacial score (nSPS) is 22.1. The van der Waals surface area contributed by atoms with Gasteiger partial charge >= 0.3 is 5.97 Å². The molecule has 1 aliphatic carbocycles. The molecule has 0 aliphatic heterocycles. The second kappa shape index (κ2) is 7.20. The molecular weight excluding hydrogens is 329 g/mol. The van der Waals surface area contributed by atoms with Gasteiger partial charge in [0, 0.05) is 11.1 Å². The molecule has 0 radical (unpaired) electrons. The third kappa shape index (κ3) is 4.27. The smallest absolute Gasteiger partial charge is 0.306 e. The van der Waals surface area contributed by atoms with E-state index in [9.17, 15) is 9.59 Å². The summed E-state index contributed by atoms with van der Waals surface area (Å²) in [6, 6.07) is 4.64. The Kier molecular flexibility index (Phi) is 5.53. The van der Waals surface area contributed by atoms with E-state index in [1.165, 1.54) is 6.07 Å². The number of halogens is 2. The summed E-state index contributed by atoms with van der Waals surface area (Å²) >= 11 is 11.8. The number of ether oxygens (including phenoxy) is 1. The molecular formula is C15H17Cl2NO4. The monoisotopic (exact) mass is 345 g/mol. The van der Waals surface area contributed by atoms with Gasteiger partial charge in [-0.2, -0.15) is 0 Å². The van der Waals surface area contributed by atoms with Crippen molar-refractivity contribution in [2.45, 2.75) is 38.3 Å². The minimum Gasteiger partial charge on any atom is -0.481 e. The van der Waals surface area contributed by atoms with Gasteiger partial charge in [0.2, 0.25) is 0 Å². The third-order valence-corrected chi connectivity index (χ3v) is 4.23. The van der Waals surface area contributed by atoms with Gasteiger partial charge in [-0.25, -0.2) is 0 Å². The van der Waals surface area contributed by atoms with Crippen LogP contribution in [0.25, 0.3) is 0 Å². The molecule has 1 aromatic carbocycles. The number of carbonyl (C=O) groups is 2. The summed E-state index contributed by atoms with van der Waals surface area (Å²) in [6.07, 6.45) is 0.966. The van der Waals surface area contributed by atoms with Crippen LogP contribution in [0.4, 0.5) is 0 Å². The minimum atomic E-state index is -0.811. The highest BCUT2D eigenvalue weighted by Gasteiger charge is 2.31. The number of nitrogens with one attached hydrogen (secondary N) is 1. The fourth-order valence-electron chi connectivity index (χ4n) is 2.47. The lowest BCUT2D eigenvalue weighted by Gasteiger charge is -2.18. The summed E-state index contributed by atoms with van der Waals surface area (Å²) in [6.45, 7) is 1.61. The second-order valence-corrected chi connectivity index (χ2v) is 6.23. The molecule has 1 saturated carbocycles. The lowest BCUT2D eigenvalue weighted by atomic mass is 10.1. The largest absolute Gasteiger partial charge is 0.481 e. The van der Waals surface area contributed by atoms with E-state index < -0.39 is 12.1 Å². The Morgan fingerprint density at radius 1 is 1.36 bits per heavy atom. The van der Waals surface area contributed by atoms with Crippen molar-refractivity contribution in [1.82, 2.24) is 5.32 Å². The number of benzene rings is 1. The van der Waals surface area contributed by atoms with Crippen LogP contribution in [0, 0.1) is 5.92 Å². The van der Waals surface area contributed by atoms with Crippen LogP contribution < -0.4 is 10.1 Å². The Labute approximate surface area is 138 Å². The average Bonchev–Trinajstić information content (AvgIpc) is 2.90. The van der Waals surface area contributed by atoms with Gasteiger partial charge in [0.25, 0.3) is 5.91 Å². The van der Waals surface area contributed by atoms with E-state index in [4.69, 9.17) is 33.0 Å². The van der Waals surface area contributed by atoms with Gasteiger partial charge < -0.3 is 15.2 Å². The first-order valence-corrected chi connectivity index (χ1v) is 7.77. The zero-order valence-corrected chi connectivity index (χ0v) is 13.5. The molecule has 22 heavy (non-hydrogen) atoms. The molecule has 120 valence electrons. The van der Waals surface area contributed by atoms with E-state index in [0.29, 0.717) is 35.1 Å². The van der Waals surface area contributed by atoms with Crippen molar-refractivity contribution in [3.63, 3.8) is 0 Å². The Morgan fingerprint density at radius 2 is 2.09 bits per heavy atom. The fraction of sp³-hybridized carbons (Fsp3) is 0.467. The van der Waals surface area contributed by atoms with Crippen LogP contribution in [0.1, 0.15) is 26.2 Å². The SMILES string of the molecule is CC(Oc1ccc(Cl)cc1Cl)C(=O)N[C@H]1CC[C@@H](C(=O)O)C1. The first kappa shape index (κ1) is 16.9. The number of carboxylic acids is 1. The van der Waals surface area contributed by atoms with Crippen LogP contribution in [0.5, 0.6) is 5.75 Å². The van der Waals surface area contributed by atoms with Crippen LogP contribution in [0.15, 0.2) is 18.2 Å². The van der Waals surface area contributed by atoms with Gasteiger partial charge in [-0.1, -0.05) is 23.2 Å². The zero-order valence-electron chi connectivity index (χ0n) is 12.0. The van der Waals surface area contributed by atoms with Crippen LogP contribution in [0.3, 0.4) is 0 Å². The predicted octanol–water partition coefficient (Wildman–Crippen LogP) is 3.13. The van der Waals surface area contributed by atoms with Crippen molar-refractivity contribution >= 4 is 35.1 Å². The van der Waals surface area contributed by atoms with E-state index in [2.05, 4.69) is 5.32 Å². The summed E-state index contributed by atoms with van der Waals surface area (Å²) in [5, 5.41) is 12.6. The Bertz CT molecular complexity index is 579. The van der Waals surface area contributed by atoms with E-state index >= 15 is 0 Å². The molecule has 2 rings (SSSR count). The number of amides is 1. The molecule has 3 atom stereocenters. The maximum atomic E-state index is 12.1. The number of rotatable bonds is 5. The van der Waals surface area contributed by atoms with Gasteiger partial charge in [0.05, 0.1) is 10.9 Å². The maximum absolute atomic E-state index is 12.1. The van der Waals surface area contributed by atoms with Crippen molar-refractivity contribution in [1.29, 1.82) is 0 Å². The molecule has 1 aliphatic rings. The van der Waals surface area contributed by atoms with E-state index in [1.54, 1.807) is 19.1 Å². The van der Waals surface area contributed by atoms with Gasteiger partial charge in [-0.05, 0) is 44.4 Å². The van der Waals surface area contributed by atoms with Gasteiger partial charge in [0.15, 0.2) is 6.10 Å². The van der Waals surface area contributed by atoms with E-state index in [-0.39, 0.29) is 17.9 Å². The molecule has 1 fully saturated rings. The van der Waals surface area contributed by atoms with Gasteiger partial charge in [-0.3, -0.25) is 9.59 Å². The van der Waals surface area contributed by atoms with Crippen LogP contribution in [0.2, 0.25) is 10.0 Å². The van der Waals surface area contributed by atoms with Crippen molar-refractivity contribution in [3.05, 3.63) is 28.2 Å². The van der Waals surface area contributed by atoms with Crippen LogP contribution in [-0.4, -0.2) is 29.1 Å². The molecule has 0 bridgehead atoms. The quantitative estimate of drug-likeness (QED) is 0.859. The molecule has 1 aromatic rings. The lowest BCUT2D eigenvalue weighted by Crippen LogP contribution is -2.41. The number of carbonyl (C=O) groups excluding carboxylic acids is 1. The summed E-state index contributed by atoms with van der Waals surface area (Å²) in [5.74, 6) is -1.10. The van der Waals surface area contributed by atoms with Crippen molar-refractivity contribution < 1.29 is 19.4 Å². The highest BCUT2D eigenvalue weighted by Crippen LogP contribution is 2.29. The second-order valence-electron chi connectivity index (χ2n) is 5.39. The van der Waals surface area contributed by atoms with Crippen molar-refractivity contribution in [3.8, 4) is 5.75 Å². The zero-order chi connectivity index (χ0) is 16.3.